The van der Waals surface area contributed by atoms with Gasteiger partial charge in [-0.05, 0) is 41.3 Å². The number of oxime groups is 1. The first-order chi connectivity index (χ1) is 14.8. The number of ether oxygens (including phenoxy) is 1. The minimum atomic E-state index is 0.0755. The van der Waals surface area contributed by atoms with Crippen molar-refractivity contribution in [3.8, 4) is 11.5 Å². The normalized spacial score (nSPS) is 11.9. The molecule has 0 unspecified atom stereocenters. The molecule has 7 nitrogen and oxygen atoms in total. The lowest BCUT2D eigenvalue weighted by molar-refractivity contribution is 0.321. The van der Waals surface area contributed by atoms with Crippen molar-refractivity contribution >= 4 is 28.9 Å². The lowest BCUT2D eigenvalue weighted by Crippen LogP contribution is -2.11. The number of rotatable bonds is 5. The molecule has 0 saturated heterocycles. The minimum Gasteiger partial charge on any atom is -0.457 e. The van der Waals surface area contributed by atoms with Gasteiger partial charge < -0.3 is 19.8 Å². The van der Waals surface area contributed by atoms with Gasteiger partial charge in [-0.25, -0.2) is 4.98 Å². The molecule has 2 aromatic heterocycles. The minimum absolute atomic E-state index is 0.0755. The van der Waals surface area contributed by atoms with Gasteiger partial charge in [0.1, 0.15) is 11.5 Å². The fourth-order valence-electron chi connectivity index (χ4n) is 3.30. The summed E-state index contributed by atoms with van der Waals surface area (Å²) < 4.78 is 7.96. The van der Waals surface area contributed by atoms with Crippen LogP contribution in [0.15, 0.2) is 65.9 Å². The number of fused-ring (bicyclic) bond motifs is 1. The molecule has 0 saturated carbocycles. The summed E-state index contributed by atoms with van der Waals surface area (Å²) >= 11 is 0. The Balaban J connectivity index is 1.60. The van der Waals surface area contributed by atoms with E-state index in [9.17, 15) is 0 Å². The zero-order valence-electron chi connectivity index (χ0n) is 18.0. The van der Waals surface area contributed by atoms with E-state index in [2.05, 4.69) is 54.4 Å². The number of aryl methyl sites for hydroxylation is 1. The summed E-state index contributed by atoms with van der Waals surface area (Å²) in [5, 5.41) is 15.1. The van der Waals surface area contributed by atoms with Crippen molar-refractivity contribution in [2.75, 3.05) is 5.32 Å². The van der Waals surface area contributed by atoms with Crippen molar-refractivity contribution in [1.29, 1.82) is 0 Å². The van der Waals surface area contributed by atoms with Gasteiger partial charge in [-0.1, -0.05) is 38.1 Å². The van der Waals surface area contributed by atoms with Crippen LogP contribution >= 0.6 is 0 Å². The van der Waals surface area contributed by atoms with Gasteiger partial charge in [0.25, 0.3) is 0 Å². The average Bonchev–Trinajstić information content (AvgIpc) is 3.03. The summed E-state index contributed by atoms with van der Waals surface area (Å²) in [6.45, 7) is 6.60. The maximum absolute atomic E-state index is 8.68. The van der Waals surface area contributed by atoms with Crippen LogP contribution in [0.1, 0.15) is 32.0 Å². The molecule has 0 amide bonds. The molecule has 0 spiro atoms. The number of anilines is 2. The smallest absolute Gasteiger partial charge is 0.208 e. The summed E-state index contributed by atoms with van der Waals surface area (Å²) in [5.74, 6) is 2.01. The molecule has 31 heavy (non-hydrogen) atoms. The summed E-state index contributed by atoms with van der Waals surface area (Å²) in [6.07, 6.45) is 2.85. The predicted molar refractivity (Wildman–Crippen MR) is 123 cm³/mol. The zero-order valence-corrected chi connectivity index (χ0v) is 18.0. The van der Waals surface area contributed by atoms with Gasteiger partial charge in [0, 0.05) is 31.1 Å². The molecule has 4 aromatic rings. The molecule has 0 aliphatic heterocycles. The van der Waals surface area contributed by atoms with Gasteiger partial charge in [-0.2, -0.15) is 0 Å². The lowest BCUT2D eigenvalue weighted by Gasteiger charge is -2.20. The molecule has 2 N–H and O–H groups in total. The fraction of sp³-hybridized carbons (Fsp3) is 0.208. The highest BCUT2D eigenvalue weighted by atomic mass is 16.5. The van der Waals surface area contributed by atoms with E-state index in [1.54, 1.807) is 18.3 Å². The topological polar surface area (TPSA) is 84.6 Å². The van der Waals surface area contributed by atoms with Crippen LogP contribution in [0.3, 0.4) is 0 Å². The molecule has 7 heteroatoms. The van der Waals surface area contributed by atoms with Crippen molar-refractivity contribution in [2.45, 2.75) is 26.2 Å². The Morgan fingerprint density at radius 3 is 2.65 bits per heavy atom. The lowest BCUT2D eigenvalue weighted by atomic mass is 9.87. The Morgan fingerprint density at radius 2 is 1.87 bits per heavy atom. The molecule has 0 aliphatic rings. The SMILES string of the molecule is Cn1c(Nc2cccc(C(C)(C)C)c2)nc2cc(Oc3ccnc(/C=N\O)c3)ccc21. The Labute approximate surface area is 181 Å². The summed E-state index contributed by atoms with van der Waals surface area (Å²) in [5.41, 5.74) is 4.65. The molecule has 0 fully saturated rings. The number of nitrogens with one attached hydrogen (secondary N) is 1. The van der Waals surface area contributed by atoms with Crippen LogP contribution in [0.5, 0.6) is 11.5 Å². The highest BCUT2D eigenvalue weighted by Crippen LogP contribution is 2.29. The molecular formula is C24H25N5O2. The highest BCUT2D eigenvalue weighted by molar-refractivity contribution is 5.81. The van der Waals surface area contributed by atoms with Crippen LogP contribution < -0.4 is 10.1 Å². The molecule has 0 radical (unpaired) electrons. The average molecular weight is 415 g/mol. The third-order valence-corrected chi connectivity index (χ3v) is 5.02. The van der Waals surface area contributed by atoms with E-state index >= 15 is 0 Å². The summed E-state index contributed by atoms with van der Waals surface area (Å²) in [6, 6.07) is 17.6. The standard InChI is InChI=1S/C24H25N5O2/c1-24(2,3)16-6-5-7-17(12-16)27-23-28-21-14-19(8-9-22(21)29(23)4)31-20-10-11-25-18(13-20)15-26-30/h5-15,30H,1-4H3,(H,27,28)/b26-15-. The maximum Gasteiger partial charge on any atom is 0.208 e. The van der Waals surface area contributed by atoms with E-state index in [1.807, 2.05) is 35.9 Å². The van der Waals surface area contributed by atoms with Gasteiger partial charge in [-0.15, -0.1) is 0 Å². The van der Waals surface area contributed by atoms with Gasteiger partial charge >= 0.3 is 0 Å². The monoisotopic (exact) mass is 415 g/mol. The molecule has 4 rings (SSSR count). The molecule has 158 valence electrons. The Hall–Kier alpha value is -3.87. The van der Waals surface area contributed by atoms with E-state index in [1.165, 1.54) is 11.8 Å². The number of imidazole rings is 1. The van der Waals surface area contributed by atoms with Crippen LogP contribution in [-0.2, 0) is 12.5 Å². The van der Waals surface area contributed by atoms with Crippen LogP contribution in [0.4, 0.5) is 11.6 Å². The number of aromatic nitrogens is 3. The molecule has 0 bridgehead atoms. The maximum atomic E-state index is 8.68. The highest BCUT2D eigenvalue weighted by Gasteiger charge is 2.15. The van der Waals surface area contributed by atoms with Crippen molar-refractivity contribution in [1.82, 2.24) is 14.5 Å². The number of pyridine rings is 1. The van der Waals surface area contributed by atoms with E-state index in [0.717, 1.165) is 22.7 Å². The molecule has 0 atom stereocenters. The van der Waals surface area contributed by atoms with Crippen LogP contribution in [0, 0.1) is 0 Å². The fourth-order valence-corrected chi connectivity index (χ4v) is 3.30. The third-order valence-electron chi connectivity index (χ3n) is 5.02. The first kappa shape index (κ1) is 20.4. The Bertz CT molecular complexity index is 1250. The first-order valence-corrected chi connectivity index (χ1v) is 9.99. The van der Waals surface area contributed by atoms with Crippen molar-refractivity contribution in [3.05, 3.63) is 72.1 Å². The quantitative estimate of drug-likeness (QED) is 0.251. The van der Waals surface area contributed by atoms with Crippen molar-refractivity contribution < 1.29 is 9.94 Å². The van der Waals surface area contributed by atoms with E-state index in [0.29, 0.717) is 17.2 Å². The first-order valence-electron chi connectivity index (χ1n) is 9.99. The molecule has 2 aromatic carbocycles. The van der Waals surface area contributed by atoms with Crippen LogP contribution in [0.2, 0.25) is 0 Å². The number of nitrogens with zero attached hydrogens (tertiary/aromatic N) is 4. The largest absolute Gasteiger partial charge is 0.457 e. The Morgan fingerprint density at radius 1 is 1.06 bits per heavy atom. The summed E-state index contributed by atoms with van der Waals surface area (Å²) in [7, 11) is 1.98. The van der Waals surface area contributed by atoms with Crippen LogP contribution in [-0.4, -0.2) is 26.0 Å². The molecular weight excluding hydrogens is 390 g/mol. The van der Waals surface area contributed by atoms with E-state index in [4.69, 9.17) is 14.9 Å². The second-order valence-electron chi connectivity index (χ2n) is 8.36. The van der Waals surface area contributed by atoms with Gasteiger partial charge in [0.15, 0.2) is 0 Å². The summed E-state index contributed by atoms with van der Waals surface area (Å²) in [4.78, 5) is 8.84. The van der Waals surface area contributed by atoms with Crippen molar-refractivity contribution in [2.24, 2.45) is 12.2 Å². The Kier molecular flexibility index (Phi) is 5.33. The van der Waals surface area contributed by atoms with E-state index < -0.39 is 0 Å². The van der Waals surface area contributed by atoms with Crippen LogP contribution in [0.25, 0.3) is 11.0 Å². The second-order valence-corrected chi connectivity index (χ2v) is 8.36. The number of benzene rings is 2. The number of hydrogen-bond acceptors (Lipinski definition) is 6. The molecule has 2 heterocycles. The molecule has 0 aliphatic carbocycles. The number of hydrogen-bond donors (Lipinski definition) is 2. The van der Waals surface area contributed by atoms with Gasteiger partial charge in [0.2, 0.25) is 5.95 Å². The van der Waals surface area contributed by atoms with Gasteiger partial charge in [0.05, 0.1) is 22.9 Å². The predicted octanol–water partition coefficient (Wildman–Crippen LogP) is 5.61. The van der Waals surface area contributed by atoms with Crippen molar-refractivity contribution in [3.63, 3.8) is 0 Å². The third kappa shape index (κ3) is 4.50. The second kappa shape index (κ2) is 8.10. The van der Waals surface area contributed by atoms with E-state index in [-0.39, 0.29) is 5.41 Å². The van der Waals surface area contributed by atoms with Gasteiger partial charge in [-0.3, -0.25) is 4.98 Å². The zero-order chi connectivity index (χ0) is 22.0.